The van der Waals surface area contributed by atoms with Crippen LogP contribution in [0.3, 0.4) is 0 Å². The third kappa shape index (κ3) is 5.32. The summed E-state index contributed by atoms with van der Waals surface area (Å²) in [6, 6.07) is 13.0. The van der Waals surface area contributed by atoms with E-state index in [4.69, 9.17) is 5.73 Å². The predicted molar refractivity (Wildman–Crippen MR) is 96.9 cm³/mol. The first-order valence-corrected chi connectivity index (χ1v) is 8.53. The van der Waals surface area contributed by atoms with Crippen molar-refractivity contribution in [2.45, 2.75) is 37.6 Å². The molecule has 0 aromatic heterocycles. The van der Waals surface area contributed by atoms with Gasteiger partial charge in [0.1, 0.15) is 5.54 Å². The Bertz CT molecular complexity index is 840. The maximum absolute atomic E-state index is 13.0. The van der Waals surface area contributed by atoms with Crippen LogP contribution in [0.2, 0.25) is 0 Å². The quantitative estimate of drug-likeness (QED) is 0.674. The molecule has 4 N–H and O–H groups in total. The van der Waals surface area contributed by atoms with Gasteiger partial charge in [0.25, 0.3) is 0 Å². The molecular weight excluding hydrogens is 373 g/mol. The van der Waals surface area contributed by atoms with Gasteiger partial charge < -0.3 is 16.2 Å². The summed E-state index contributed by atoms with van der Waals surface area (Å²) in [4.78, 5) is 24.3. The van der Waals surface area contributed by atoms with Gasteiger partial charge in [0.15, 0.2) is 0 Å². The summed E-state index contributed by atoms with van der Waals surface area (Å²) in [5.74, 6) is -1.72. The number of alkyl halides is 3. The standard InChI is InChI=1S/C20H21F3N2O3/c1-19(18(24)28,14-8-5-9-15(11-14)20(21,22)23)25-17(27)12-16(26)10-13-6-3-2-4-7-13/h2-9,11,16,26H,10,12H2,1H3,(H2,24,28)(H,25,27)/t16-,19-/m1/s1. The zero-order valence-electron chi connectivity index (χ0n) is 15.2. The molecule has 0 unspecified atom stereocenters. The molecule has 0 radical (unpaired) electrons. The van der Waals surface area contributed by atoms with Crippen molar-refractivity contribution in [3.63, 3.8) is 0 Å². The van der Waals surface area contributed by atoms with Crippen LogP contribution in [0.4, 0.5) is 13.2 Å². The molecule has 0 fully saturated rings. The zero-order chi connectivity index (χ0) is 20.9. The first-order valence-electron chi connectivity index (χ1n) is 8.53. The molecule has 0 saturated carbocycles. The van der Waals surface area contributed by atoms with Gasteiger partial charge >= 0.3 is 6.18 Å². The molecule has 5 nitrogen and oxygen atoms in total. The van der Waals surface area contributed by atoms with E-state index in [9.17, 15) is 27.9 Å². The number of carbonyl (C=O) groups is 2. The lowest BCUT2D eigenvalue weighted by Gasteiger charge is -2.29. The number of amides is 2. The highest BCUT2D eigenvalue weighted by atomic mass is 19.4. The summed E-state index contributed by atoms with van der Waals surface area (Å²) in [6.45, 7) is 1.23. The van der Waals surface area contributed by atoms with Crippen molar-refractivity contribution < 1.29 is 27.9 Å². The predicted octanol–water partition coefficient (Wildman–Crippen LogP) is 2.52. The summed E-state index contributed by atoms with van der Waals surface area (Å²) >= 11 is 0. The maximum Gasteiger partial charge on any atom is 0.416 e. The van der Waals surface area contributed by atoms with E-state index in [0.717, 1.165) is 23.8 Å². The topological polar surface area (TPSA) is 92.4 Å². The molecular formula is C20H21F3N2O3. The molecule has 0 aliphatic rings. The fourth-order valence-electron chi connectivity index (χ4n) is 2.78. The molecule has 0 bridgehead atoms. The second kappa shape index (κ2) is 8.43. The number of halogens is 3. The molecule has 0 heterocycles. The van der Waals surface area contributed by atoms with Crippen LogP contribution in [0.1, 0.15) is 30.0 Å². The van der Waals surface area contributed by atoms with Crippen LogP contribution >= 0.6 is 0 Å². The van der Waals surface area contributed by atoms with E-state index in [1.54, 1.807) is 24.3 Å². The van der Waals surface area contributed by atoms with Crippen LogP contribution in [0, 0.1) is 0 Å². The number of hydrogen-bond donors (Lipinski definition) is 3. The Morgan fingerprint density at radius 2 is 1.68 bits per heavy atom. The third-order valence-corrected chi connectivity index (χ3v) is 4.38. The van der Waals surface area contributed by atoms with Gasteiger partial charge in [0, 0.05) is 0 Å². The minimum absolute atomic E-state index is 0.0966. The lowest BCUT2D eigenvalue weighted by molar-refractivity contribution is -0.138. The van der Waals surface area contributed by atoms with Gasteiger partial charge in [-0.05, 0) is 36.6 Å². The van der Waals surface area contributed by atoms with Gasteiger partial charge in [-0.2, -0.15) is 13.2 Å². The SMILES string of the molecule is C[C@](NC(=O)C[C@H](O)Cc1ccccc1)(C(N)=O)c1cccc(C(F)(F)F)c1. The van der Waals surface area contributed by atoms with Gasteiger partial charge in [-0.15, -0.1) is 0 Å². The minimum atomic E-state index is -4.61. The van der Waals surface area contributed by atoms with Crippen LogP contribution in [0.15, 0.2) is 54.6 Å². The average molecular weight is 394 g/mol. The van der Waals surface area contributed by atoms with E-state index in [1.165, 1.54) is 13.0 Å². The Labute approximate surface area is 160 Å². The first kappa shape index (κ1) is 21.4. The average Bonchev–Trinajstić information content (AvgIpc) is 2.61. The molecule has 2 aromatic rings. The molecule has 0 aliphatic carbocycles. The lowest BCUT2D eigenvalue weighted by Crippen LogP contribution is -2.53. The van der Waals surface area contributed by atoms with Gasteiger partial charge in [-0.3, -0.25) is 9.59 Å². The third-order valence-electron chi connectivity index (χ3n) is 4.38. The monoisotopic (exact) mass is 394 g/mol. The van der Waals surface area contributed by atoms with E-state index in [-0.39, 0.29) is 18.4 Å². The molecule has 8 heteroatoms. The van der Waals surface area contributed by atoms with Crippen LogP contribution in [-0.2, 0) is 27.7 Å². The fraction of sp³-hybridized carbons (Fsp3) is 0.300. The highest BCUT2D eigenvalue weighted by Crippen LogP contribution is 2.32. The molecule has 0 spiro atoms. The summed E-state index contributed by atoms with van der Waals surface area (Å²) in [6.07, 6.45) is -5.76. The molecule has 2 aromatic carbocycles. The van der Waals surface area contributed by atoms with Crippen molar-refractivity contribution in [2.24, 2.45) is 5.73 Å². The highest BCUT2D eigenvalue weighted by Gasteiger charge is 2.38. The van der Waals surface area contributed by atoms with Crippen molar-refractivity contribution in [2.75, 3.05) is 0 Å². The Morgan fingerprint density at radius 3 is 2.25 bits per heavy atom. The molecule has 2 rings (SSSR count). The van der Waals surface area contributed by atoms with E-state index in [1.807, 2.05) is 6.07 Å². The summed E-state index contributed by atoms with van der Waals surface area (Å²) in [5, 5.41) is 12.5. The molecule has 0 aliphatic heterocycles. The number of aliphatic hydroxyl groups excluding tert-OH is 1. The number of carbonyl (C=O) groups excluding carboxylic acids is 2. The van der Waals surface area contributed by atoms with Crippen molar-refractivity contribution in [3.8, 4) is 0 Å². The number of benzene rings is 2. The van der Waals surface area contributed by atoms with E-state index < -0.39 is 35.2 Å². The van der Waals surface area contributed by atoms with Crippen molar-refractivity contribution in [1.29, 1.82) is 0 Å². The van der Waals surface area contributed by atoms with E-state index in [0.29, 0.717) is 0 Å². The zero-order valence-corrected chi connectivity index (χ0v) is 15.2. The first-order chi connectivity index (χ1) is 13.0. The number of aliphatic hydroxyl groups is 1. The van der Waals surface area contributed by atoms with Gasteiger partial charge in [0.2, 0.25) is 11.8 Å². The largest absolute Gasteiger partial charge is 0.416 e. The van der Waals surface area contributed by atoms with Crippen molar-refractivity contribution >= 4 is 11.8 Å². The summed E-state index contributed by atoms with van der Waals surface area (Å²) < 4.78 is 38.9. The van der Waals surface area contributed by atoms with E-state index in [2.05, 4.69) is 5.32 Å². The Balaban J connectivity index is 2.15. The molecule has 0 saturated heterocycles. The Hall–Kier alpha value is -2.87. The van der Waals surface area contributed by atoms with Gasteiger partial charge in [-0.1, -0.05) is 42.5 Å². The van der Waals surface area contributed by atoms with Crippen molar-refractivity contribution in [1.82, 2.24) is 5.32 Å². The second-order valence-electron chi connectivity index (χ2n) is 6.66. The van der Waals surface area contributed by atoms with E-state index >= 15 is 0 Å². The number of nitrogens with one attached hydrogen (secondary N) is 1. The summed E-state index contributed by atoms with van der Waals surface area (Å²) in [7, 11) is 0. The van der Waals surface area contributed by atoms with Gasteiger partial charge in [-0.25, -0.2) is 0 Å². The lowest BCUT2D eigenvalue weighted by atomic mass is 9.89. The number of primary amides is 1. The molecule has 2 atom stereocenters. The molecule has 2 amide bonds. The Kier molecular flexibility index (Phi) is 6.45. The smallest absolute Gasteiger partial charge is 0.392 e. The van der Waals surface area contributed by atoms with Crippen molar-refractivity contribution in [3.05, 3.63) is 71.3 Å². The maximum atomic E-state index is 13.0. The highest BCUT2D eigenvalue weighted by molar-refractivity contribution is 5.91. The second-order valence-corrected chi connectivity index (χ2v) is 6.66. The van der Waals surface area contributed by atoms with Gasteiger partial charge in [0.05, 0.1) is 18.1 Å². The Morgan fingerprint density at radius 1 is 1.07 bits per heavy atom. The normalized spacial score (nSPS) is 14.8. The minimum Gasteiger partial charge on any atom is -0.392 e. The number of rotatable bonds is 7. The molecule has 150 valence electrons. The van der Waals surface area contributed by atoms with Crippen LogP contribution in [0.5, 0.6) is 0 Å². The fourth-order valence-corrected chi connectivity index (χ4v) is 2.78. The van der Waals surface area contributed by atoms with Crippen LogP contribution in [-0.4, -0.2) is 23.0 Å². The summed E-state index contributed by atoms with van der Waals surface area (Å²) in [5.41, 5.74) is 3.27. The molecule has 28 heavy (non-hydrogen) atoms. The number of hydrogen-bond acceptors (Lipinski definition) is 3. The van der Waals surface area contributed by atoms with Crippen LogP contribution in [0.25, 0.3) is 0 Å². The van der Waals surface area contributed by atoms with Crippen LogP contribution < -0.4 is 11.1 Å². The number of nitrogens with two attached hydrogens (primary N) is 1.